The molecule has 3 aromatic carbocycles. The highest BCUT2D eigenvalue weighted by atomic mass is 16.7. The summed E-state index contributed by atoms with van der Waals surface area (Å²) in [6, 6.07) is 11.6. The molecular weight excluding hydrogens is 897 g/mol. The Morgan fingerprint density at radius 3 is 2.04 bits per heavy atom. The zero-order chi connectivity index (χ0) is 49.4. The van der Waals surface area contributed by atoms with Crippen LogP contribution in [0, 0.1) is 5.92 Å². The molecule has 0 spiro atoms. The summed E-state index contributed by atoms with van der Waals surface area (Å²) in [5, 5.41) is 38.0. The van der Waals surface area contributed by atoms with Crippen LogP contribution in [-0.2, 0) is 25.4 Å². The SMILES string of the molecule is CCOc1cc(C(=O)N2C3COCC2C(C2c4cc(OCOC)ccc4C[C@](O)([C@H](O)CNC(=O)c4ccc(C(=O)N5C6CCC5COC6)cc4OCC)N2C(=O)OC(C)(C)C)C3)ccc1C(=O)O. The zero-order valence-corrected chi connectivity index (χ0v) is 39.8. The van der Waals surface area contributed by atoms with Gasteiger partial charge in [0, 0.05) is 37.1 Å². The summed E-state index contributed by atoms with van der Waals surface area (Å²) in [4.78, 5) is 74.0. The van der Waals surface area contributed by atoms with Crippen LogP contribution < -0.4 is 19.5 Å². The number of aliphatic hydroxyl groups excluding tert-OH is 1. The Balaban J connectivity index is 1.13. The quantitative estimate of drug-likeness (QED) is 0.155. The highest BCUT2D eigenvalue weighted by Crippen LogP contribution is 2.51. The van der Waals surface area contributed by atoms with Crippen LogP contribution in [0.4, 0.5) is 4.79 Å². The summed E-state index contributed by atoms with van der Waals surface area (Å²) >= 11 is 0. The van der Waals surface area contributed by atoms with E-state index in [0.717, 1.165) is 17.7 Å². The highest BCUT2D eigenvalue weighted by molar-refractivity contribution is 6.01. The second-order valence-electron chi connectivity index (χ2n) is 19.1. The first kappa shape index (κ1) is 49.4. The first-order chi connectivity index (χ1) is 33.0. The summed E-state index contributed by atoms with van der Waals surface area (Å²) in [7, 11) is 1.48. The van der Waals surface area contributed by atoms with Gasteiger partial charge in [-0.25, -0.2) is 9.59 Å². The summed E-state index contributed by atoms with van der Waals surface area (Å²) in [5.74, 6) is -2.53. The maximum Gasteiger partial charge on any atom is 0.413 e. The number of carbonyl (C=O) groups is 5. The van der Waals surface area contributed by atoms with Crippen LogP contribution in [0.1, 0.15) is 112 Å². The summed E-state index contributed by atoms with van der Waals surface area (Å²) in [5.41, 5.74) is -1.86. The van der Waals surface area contributed by atoms with Crippen LogP contribution in [0.15, 0.2) is 54.6 Å². The second kappa shape index (κ2) is 20.2. The van der Waals surface area contributed by atoms with Gasteiger partial charge in [-0.2, -0.15) is 0 Å². The summed E-state index contributed by atoms with van der Waals surface area (Å²) in [6.07, 6.45) is -1.12. The molecule has 69 heavy (non-hydrogen) atoms. The number of benzene rings is 3. The van der Waals surface area contributed by atoms with E-state index >= 15 is 0 Å². The van der Waals surface area contributed by atoms with Crippen LogP contribution >= 0.6 is 0 Å². The number of rotatable bonds is 15. The number of fused-ring (bicyclic) bond motifs is 5. The van der Waals surface area contributed by atoms with Gasteiger partial charge in [0.05, 0.1) is 75.4 Å². The van der Waals surface area contributed by atoms with Gasteiger partial charge in [-0.1, -0.05) is 6.07 Å². The van der Waals surface area contributed by atoms with Gasteiger partial charge < -0.3 is 63.6 Å². The molecule has 6 unspecified atom stereocenters. The number of methoxy groups -OCH3 is 1. The first-order valence-electron chi connectivity index (χ1n) is 23.5. The first-order valence-corrected chi connectivity index (χ1v) is 23.5. The predicted molar refractivity (Wildman–Crippen MR) is 245 cm³/mol. The van der Waals surface area contributed by atoms with Crippen LogP contribution in [0.3, 0.4) is 0 Å². The molecular formula is C50H62N4O15. The van der Waals surface area contributed by atoms with Crippen LogP contribution in [0.5, 0.6) is 17.2 Å². The lowest BCUT2D eigenvalue weighted by atomic mass is 9.76. The molecule has 0 aliphatic carbocycles. The average Bonchev–Trinajstić information content (AvgIpc) is 3.69. The van der Waals surface area contributed by atoms with Crippen molar-refractivity contribution < 1.29 is 72.5 Å². The third-order valence-corrected chi connectivity index (χ3v) is 13.5. The van der Waals surface area contributed by atoms with E-state index in [1.165, 1.54) is 37.4 Å². The van der Waals surface area contributed by atoms with E-state index in [0.29, 0.717) is 35.7 Å². The fourth-order valence-corrected chi connectivity index (χ4v) is 10.6. The lowest BCUT2D eigenvalue weighted by molar-refractivity contribution is -0.195. The molecule has 19 nitrogen and oxygen atoms in total. The van der Waals surface area contributed by atoms with E-state index in [1.54, 1.807) is 63.8 Å². The average molecular weight is 959 g/mol. The summed E-state index contributed by atoms with van der Waals surface area (Å²) < 4.78 is 40.3. The van der Waals surface area contributed by atoms with Crippen molar-refractivity contribution in [3.05, 3.63) is 88.0 Å². The fourth-order valence-electron chi connectivity index (χ4n) is 10.6. The Morgan fingerprint density at radius 1 is 0.812 bits per heavy atom. The number of carboxylic acids is 1. The molecule has 5 aliphatic heterocycles. The molecule has 4 fully saturated rings. The van der Waals surface area contributed by atoms with E-state index in [2.05, 4.69) is 5.32 Å². The molecule has 372 valence electrons. The molecule has 5 heterocycles. The second-order valence-corrected chi connectivity index (χ2v) is 19.1. The monoisotopic (exact) mass is 958 g/mol. The number of aromatic carboxylic acids is 1. The number of morpholine rings is 2. The molecule has 0 saturated carbocycles. The standard InChI is InChI=1S/C50H62N4O15/c1-7-66-40-17-28(45(57)52-31-12-13-32(52)24-64-23-31)10-15-35(40)44(56)51-22-42(55)50(62)21-30-9-14-34(68-27-63-6)20-37(30)43(54(50)48(61)69-49(3,4)5)38-19-33-25-65-26-39(38)53(33)46(58)29-11-16-36(47(59)60)41(18-29)67-8-2/h9-11,14-18,20,31-33,38-39,42-43,55,62H,7-8,12-13,19,21-27H2,1-6H3,(H,51,56)(H,59,60)/t31?,32?,33?,38?,39?,42-,43?,50+/m1/s1. The number of nitrogens with zero attached hydrogens (tertiary/aromatic N) is 3. The van der Waals surface area contributed by atoms with Gasteiger partial charge in [-0.15, -0.1) is 0 Å². The maximum atomic E-state index is 14.9. The minimum atomic E-state index is -2.43. The Hall–Kier alpha value is -5.99. The Bertz CT molecular complexity index is 2430. The van der Waals surface area contributed by atoms with Gasteiger partial charge in [-0.05, 0) is 114 Å². The molecule has 4 saturated heterocycles. The zero-order valence-electron chi connectivity index (χ0n) is 39.8. The van der Waals surface area contributed by atoms with Crippen LogP contribution in [-0.4, -0.2) is 161 Å². The van der Waals surface area contributed by atoms with Gasteiger partial charge in [-0.3, -0.25) is 19.3 Å². The molecule has 8 atom stereocenters. The minimum Gasteiger partial charge on any atom is -0.493 e. The van der Waals surface area contributed by atoms with Gasteiger partial charge >= 0.3 is 12.1 Å². The van der Waals surface area contributed by atoms with E-state index in [9.17, 15) is 39.3 Å². The minimum absolute atomic E-state index is 0.0258. The number of ether oxygens (including phenoxy) is 7. The van der Waals surface area contributed by atoms with E-state index in [1.807, 2.05) is 4.90 Å². The maximum absolute atomic E-state index is 14.9. The van der Waals surface area contributed by atoms with Crippen molar-refractivity contribution in [2.45, 2.75) is 108 Å². The van der Waals surface area contributed by atoms with Crippen molar-refractivity contribution in [2.75, 3.05) is 60.1 Å². The molecule has 5 aliphatic rings. The van der Waals surface area contributed by atoms with Crippen LogP contribution in [0.25, 0.3) is 0 Å². The number of nitrogens with one attached hydrogen (secondary N) is 1. The van der Waals surface area contributed by atoms with Gasteiger partial charge in [0.15, 0.2) is 12.5 Å². The predicted octanol–water partition coefficient (Wildman–Crippen LogP) is 4.41. The number of carbonyl (C=O) groups excluding carboxylic acids is 4. The van der Waals surface area contributed by atoms with Crippen molar-refractivity contribution in [1.82, 2.24) is 20.0 Å². The van der Waals surface area contributed by atoms with E-state index < -0.39 is 71.9 Å². The fraction of sp³-hybridized carbons (Fsp3) is 0.540. The van der Waals surface area contributed by atoms with Crippen LogP contribution in [0.2, 0.25) is 0 Å². The highest BCUT2D eigenvalue weighted by Gasteiger charge is 2.59. The van der Waals surface area contributed by atoms with Crippen molar-refractivity contribution in [3.63, 3.8) is 0 Å². The molecule has 0 aromatic heterocycles. The normalized spacial score (nSPS) is 25.4. The molecule has 0 radical (unpaired) electrons. The molecule has 4 N–H and O–H groups in total. The Morgan fingerprint density at radius 2 is 1.42 bits per heavy atom. The summed E-state index contributed by atoms with van der Waals surface area (Å²) in [6.45, 7) is 9.33. The number of hydrogen-bond donors (Lipinski definition) is 4. The lowest BCUT2D eigenvalue weighted by Crippen LogP contribution is -2.67. The van der Waals surface area contributed by atoms with Crippen molar-refractivity contribution in [2.24, 2.45) is 5.92 Å². The number of aliphatic hydroxyl groups is 2. The third kappa shape index (κ3) is 9.79. The van der Waals surface area contributed by atoms with Gasteiger partial charge in [0.25, 0.3) is 17.7 Å². The van der Waals surface area contributed by atoms with E-state index in [-0.39, 0.29) is 92.2 Å². The smallest absolute Gasteiger partial charge is 0.413 e. The topological polar surface area (TPSA) is 232 Å². The Labute approximate surface area is 400 Å². The van der Waals surface area contributed by atoms with E-state index in [4.69, 9.17) is 33.2 Å². The number of hydrogen-bond acceptors (Lipinski definition) is 14. The van der Waals surface area contributed by atoms with Crippen molar-refractivity contribution >= 4 is 29.8 Å². The third-order valence-electron chi connectivity index (χ3n) is 13.5. The molecule has 8 rings (SSSR count). The van der Waals surface area contributed by atoms with Gasteiger partial charge in [0.2, 0.25) is 0 Å². The molecule has 19 heteroatoms. The molecule has 4 amide bonds. The molecule has 4 bridgehead atoms. The number of amides is 4. The number of carboxylic acid groups (broad SMARTS) is 1. The van der Waals surface area contributed by atoms with Gasteiger partial charge in [0.1, 0.15) is 34.5 Å². The Kier molecular flexibility index (Phi) is 14.4. The van der Waals surface area contributed by atoms with Crippen molar-refractivity contribution in [1.29, 1.82) is 0 Å². The molecule has 3 aromatic rings. The van der Waals surface area contributed by atoms with Crippen molar-refractivity contribution in [3.8, 4) is 17.2 Å². The largest absolute Gasteiger partial charge is 0.493 e. The lowest BCUT2D eigenvalue weighted by Gasteiger charge is -2.52.